The number of carbonyl (C=O) groups is 3. The number of carboxylic acid groups (broad SMARTS) is 1. The van der Waals surface area contributed by atoms with Crippen LogP contribution in [0.1, 0.15) is 309 Å². The zero-order chi connectivity index (χ0) is 61.9. The van der Waals surface area contributed by atoms with Crippen LogP contribution in [0.15, 0.2) is 97.2 Å². The molecule has 0 spiro atoms. The first-order chi connectivity index (χ1) is 41.6. The zero-order valence-electron chi connectivity index (χ0n) is 56.0. The Bertz CT molecular complexity index is 1720. The summed E-state index contributed by atoms with van der Waals surface area (Å²) in [6, 6.07) is 0. The van der Waals surface area contributed by atoms with Gasteiger partial charge in [0.05, 0.1) is 40.3 Å². The van der Waals surface area contributed by atoms with Crippen molar-refractivity contribution in [1.29, 1.82) is 0 Å². The number of nitrogens with zero attached hydrogens (tertiary/aromatic N) is 1. The molecule has 9 nitrogen and oxygen atoms in total. The van der Waals surface area contributed by atoms with Gasteiger partial charge in [-0.1, -0.05) is 310 Å². The van der Waals surface area contributed by atoms with Crippen LogP contribution in [0.25, 0.3) is 0 Å². The van der Waals surface area contributed by atoms with E-state index in [1.54, 1.807) is 0 Å². The minimum atomic E-state index is -1.65. The lowest BCUT2D eigenvalue weighted by Gasteiger charge is -2.26. The molecule has 9 heteroatoms. The van der Waals surface area contributed by atoms with Crippen LogP contribution in [0.3, 0.4) is 0 Å². The van der Waals surface area contributed by atoms with Gasteiger partial charge in [0.2, 0.25) is 0 Å². The van der Waals surface area contributed by atoms with Crippen molar-refractivity contribution in [2.75, 3.05) is 47.5 Å². The Morgan fingerprint density at radius 2 is 0.694 bits per heavy atom. The van der Waals surface area contributed by atoms with Crippen molar-refractivity contribution in [2.45, 2.75) is 322 Å². The first kappa shape index (κ1) is 81.2. The lowest BCUT2D eigenvalue weighted by atomic mass is 10.0. The summed E-state index contributed by atoms with van der Waals surface area (Å²) in [6.07, 6.45) is 88.3. The summed E-state index contributed by atoms with van der Waals surface area (Å²) in [5.41, 5.74) is 0. The lowest BCUT2D eigenvalue weighted by Crippen LogP contribution is -2.44. The zero-order valence-corrected chi connectivity index (χ0v) is 56.0. The molecule has 0 N–H and O–H groups in total. The number of hydrogen-bond donors (Lipinski definition) is 0. The van der Waals surface area contributed by atoms with Crippen molar-refractivity contribution in [3.63, 3.8) is 0 Å². The summed E-state index contributed by atoms with van der Waals surface area (Å²) in [7, 11) is 5.90. The van der Waals surface area contributed by atoms with Crippen LogP contribution in [0.5, 0.6) is 0 Å². The molecule has 0 aliphatic heterocycles. The molecular weight excluding hydrogens is 1050 g/mol. The quantitative estimate of drug-likeness (QED) is 0.0195. The van der Waals surface area contributed by atoms with Gasteiger partial charge in [-0.15, -0.1) is 0 Å². The number of esters is 2. The van der Waals surface area contributed by atoms with E-state index in [1.807, 2.05) is 33.3 Å². The SMILES string of the molecule is CC/C=C\C/C=C\C/C=C\C/C=C\C/C=C\C/C=C\CCC(=O)OC(COC(=O)CCCCCCCCCCCCCCCCCCCCCCCCCCCCCCC/C=C\C/C=C\CCCCCCC)COC(OCC[N+](C)(C)C)C(=O)[O-]. The minimum absolute atomic E-state index is 0.120. The number of rotatable bonds is 65. The molecular formula is C76H133NO8. The van der Waals surface area contributed by atoms with Crippen molar-refractivity contribution < 1.29 is 42.9 Å². The van der Waals surface area contributed by atoms with Gasteiger partial charge >= 0.3 is 11.9 Å². The number of carbonyl (C=O) groups excluding carboxylic acids is 3. The van der Waals surface area contributed by atoms with Crippen LogP contribution >= 0.6 is 0 Å². The molecule has 0 bridgehead atoms. The van der Waals surface area contributed by atoms with E-state index in [4.69, 9.17) is 18.9 Å². The van der Waals surface area contributed by atoms with Crippen molar-refractivity contribution in [1.82, 2.24) is 0 Å². The predicted molar refractivity (Wildman–Crippen MR) is 361 cm³/mol. The molecule has 0 fully saturated rings. The highest BCUT2D eigenvalue weighted by Crippen LogP contribution is 2.18. The molecule has 85 heavy (non-hydrogen) atoms. The molecule has 0 aromatic rings. The standard InChI is InChI=1S/C76H133NO8/c1-6-8-10-12-14-16-18-20-22-24-26-27-28-29-30-31-32-33-34-35-36-37-38-39-40-41-42-43-44-45-46-47-49-50-52-54-56-58-60-62-64-66-73(78)83-70-72(71-84-76(75(80)81)82-69-68-77(3,4)5)85-74(79)67-65-63-61-59-57-55-53-51-48-25-23-21-19-17-15-13-11-9-7-2/h9,11,15,17-18,20-21,23-24,26,48,51,55,57,61,63,72,76H,6-8,10,12-14,16,19,22,25,27-47,49-50,52-54,56,58-60,62,64-71H2,1-5H3/b11-9-,17-15-,20-18-,23-21-,26-24-,51-48-,57-55-,63-61-. The minimum Gasteiger partial charge on any atom is -0.545 e. The van der Waals surface area contributed by atoms with Gasteiger partial charge < -0.3 is 33.3 Å². The Morgan fingerprint density at radius 1 is 0.365 bits per heavy atom. The monoisotopic (exact) mass is 1190 g/mol. The average molecular weight is 1190 g/mol. The third-order valence-electron chi connectivity index (χ3n) is 15.3. The van der Waals surface area contributed by atoms with E-state index in [0.717, 1.165) is 64.2 Å². The molecule has 0 saturated carbocycles. The van der Waals surface area contributed by atoms with Gasteiger partial charge in [-0.3, -0.25) is 9.59 Å². The predicted octanol–water partition coefficient (Wildman–Crippen LogP) is 20.7. The van der Waals surface area contributed by atoms with Gasteiger partial charge in [0.15, 0.2) is 12.4 Å². The van der Waals surface area contributed by atoms with Crippen LogP contribution < -0.4 is 5.11 Å². The van der Waals surface area contributed by atoms with E-state index in [1.165, 1.54) is 212 Å². The maximum Gasteiger partial charge on any atom is 0.306 e. The number of allylic oxidation sites excluding steroid dienone is 16. The fourth-order valence-corrected chi connectivity index (χ4v) is 9.95. The summed E-state index contributed by atoms with van der Waals surface area (Å²) >= 11 is 0. The van der Waals surface area contributed by atoms with Gasteiger partial charge in [0.1, 0.15) is 13.2 Å². The Labute approximate surface area is 524 Å². The molecule has 0 aliphatic rings. The van der Waals surface area contributed by atoms with E-state index in [0.29, 0.717) is 17.4 Å². The third kappa shape index (κ3) is 67.6. The Hall–Kier alpha value is -3.79. The molecule has 0 aromatic carbocycles. The number of ether oxygens (including phenoxy) is 4. The van der Waals surface area contributed by atoms with Crippen molar-refractivity contribution in [2.24, 2.45) is 0 Å². The Balaban J connectivity index is 3.99. The summed E-state index contributed by atoms with van der Waals surface area (Å²) in [5.74, 6) is -2.39. The number of likely N-dealkylation sites (N-methyl/N-ethyl adjacent to an activating group) is 1. The number of carboxylic acids is 1. The fourth-order valence-electron chi connectivity index (χ4n) is 9.95. The number of quaternary nitrogens is 1. The smallest absolute Gasteiger partial charge is 0.306 e. The molecule has 0 aliphatic carbocycles. The molecule has 2 unspecified atom stereocenters. The van der Waals surface area contributed by atoms with Crippen molar-refractivity contribution >= 4 is 17.9 Å². The van der Waals surface area contributed by atoms with Gasteiger partial charge in [-0.05, 0) is 83.5 Å². The van der Waals surface area contributed by atoms with Gasteiger partial charge in [-0.2, -0.15) is 0 Å². The van der Waals surface area contributed by atoms with Crippen LogP contribution in [-0.4, -0.2) is 82.3 Å². The molecule has 0 saturated heterocycles. The molecule has 0 heterocycles. The van der Waals surface area contributed by atoms with Gasteiger partial charge in [0.25, 0.3) is 0 Å². The maximum atomic E-state index is 12.8. The molecule has 490 valence electrons. The van der Waals surface area contributed by atoms with Crippen LogP contribution in [0, 0.1) is 0 Å². The van der Waals surface area contributed by atoms with Gasteiger partial charge in [-0.25, -0.2) is 0 Å². The highest BCUT2D eigenvalue weighted by atomic mass is 16.7. The molecule has 0 rings (SSSR count). The Kier molecular flexibility index (Phi) is 63.2. The summed E-state index contributed by atoms with van der Waals surface area (Å²) < 4.78 is 22.6. The second-order valence-corrected chi connectivity index (χ2v) is 24.8. The highest BCUT2D eigenvalue weighted by Gasteiger charge is 2.22. The van der Waals surface area contributed by atoms with Crippen LogP contribution in [-0.2, 0) is 33.3 Å². The topological polar surface area (TPSA) is 111 Å². The van der Waals surface area contributed by atoms with Crippen molar-refractivity contribution in [3.05, 3.63) is 97.2 Å². The van der Waals surface area contributed by atoms with Crippen LogP contribution in [0.4, 0.5) is 0 Å². The van der Waals surface area contributed by atoms with Crippen LogP contribution in [0.2, 0.25) is 0 Å². The van der Waals surface area contributed by atoms with E-state index in [2.05, 4.69) is 98.9 Å². The second-order valence-electron chi connectivity index (χ2n) is 24.8. The third-order valence-corrected chi connectivity index (χ3v) is 15.3. The van der Waals surface area contributed by atoms with E-state index < -0.39 is 24.3 Å². The average Bonchev–Trinajstić information content (AvgIpc) is 3.48. The second kappa shape index (κ2) is 66.2. The Morgan fingerprint density at radius 3 is 1.05 bits per heavy atom. The highest BCUT2D eigenvalue weighted by molar-refractivity contribution is 5.70. The molecule has 0 radical (unpaired) electrons. The lowest BCUT2D eigenvalue weighted by molar-refractivity contribution is -0.870. The fraction of sp³-hybridized carbons (Fsp3) is 0.750. The molecule has 2 atom stereocenters. The summed E-state index contributed by atoms with van der Waals surface area (Å²) in [4.78, 5) is 37.3. The van der Waals surface area contributed by atoms with Gasteiger partial charge in [0, 0.05) is 12.8 Å². The normalized spacial score (nSPS) is 13.3. The summed E-state index contributed by atoms with van der Waals surface area (Å²) in [5, 5.41) is 11.8. The van der Waals surface area contributed by atoms with Crippen molar-refractivity contribution in [3.8, 4) is 0 Å². The first-order valence-electron chi connectivity index (χ1n) is 35.4. The first-order valence-corrected chi connectivity index (χ1v) is 35.4. The number of aliphatic carboxylic acids is 1. The molecule has 0 amide bonds. The van der Waals surface area contributed by atoms with E-state index in [9.17, 15) is 19.5 Å². The van der Waals surface area contributed by atoms with E-state index in [-0.39, 0.29) is 38.6 Å². The molecule has 0 aromatic heterocycles. The largest absolute Gasteiger partial charge is 0.545 e. The maximum absolute atomic E-state index is 12.8. The number of hydrogen-bond acceptors (Lipinski definition) is 8. The number of unbranched alkanes of at least 4 members (excludes halogenated alkanes) is 34. The summed E-state index contributed by atoms with van der Waals surface area (Å²) in [6.45, 7) is 4.56. The van der Waals surface area contributed by atoms with E-state index >= 15 is 0 Å².